The molecule has 1 N–H and O–H groups in total. The molecule has 0 aliphatic carbocycles. The second-order valence-corrected chi connectivity index (χ2v) is 4.11. The lowest BCUT2D eigenvalue weighted by Gasteiger charge is -2.11. The van der Waals surface area contributed by atoms with E-state index in [1.54, 1.807) is 12.3 Å². The van der Waals surface area contributed by atoms with Crippen molar-refractivity contribution in [1.82, 2.24) is 10.5 Å². The van der Waals surface area contributed by atoms with Gasteiger partial charge in [-0.15, -0.1) is 0 Å². The van der Waals surface area contributed by atoms with Gasteiger partial charge >= 0.3 is 0 Å². The van der Waals surface area contributed by atoms with E-state index in [-0.39, 0.29) is 6.79 Å². The Bertz CT molecular complexity index is 554. The van der Waals surface area contributed by atoms with Crippen molar-refractivity contribution in [2.45, 2.75) is 13.2 Å². The Balaban J connectivity index is 1.82. The molecular weight excluding hydrogens is 248 g/mol. The van der Waals surface area contributed by atoms with Crippen LogP contribution in [0, 0.1) is 0 Å². The SMILES string of the molecule is CNCc1cc2c(cc1OCc1ccno1)OCO2. The normalized spacial score (nSPS) is 12.7. The molecule has 0 saturated heterocycles. The van der Waals surface area contributed by atoms with Crippen LogP contribution >= 0.6 is 0 Å². The van der Waals surface area contributed by atoms with Gasteiger partial charge in [-0.05, 0) is 13.1 Å². The lowest BCUT2D eigenvalue weighted by atomic mass is 10.1. The highest BCUT2D eigenvalue weighted by Crippen LogP contribution is 2.38. The summed E-state index contributed by atoms with van der Waals surface area (Å²) < 4.78 is 21.5. The van der Waals surface area contributed by atoms with Gasteiger partial charge in [0, 0.05) is 24.2 Å². The Morgan fingerprint density at radius 2 is 2.16 bits per heavy atom. The highest BCUT2D eigenvalue weighted by atomic mass is 16.7. The number of nitrogens with one attached hydrogen (secondary N) is 1. The van der Waals surface area contributed by atoms with Crippen LogP contribution in [0.3, 0.4) is 0 Å². The van der Waals surface area contributed by atoms with Crippen molar-refractivity contribution < 1.29 is 18.7 Å². The van der Waals surface area contributed by atoms with E-state index in [0.717, 1.165) is 17.1 Å². The molecule has 1 aromatic heterocycles. The quantitative estimate of drug-likeness (QED) is 0.884. The van der Waals surface area contributed by atoms with Gasteiger partial charge in [-0.2, -0.15) is 0 Å². The highest BCUT2D eigenvalue weighted by Gasteiger charge is 2.18. The zero-order chi connectivity index (χ0) is 13.1. The van der Waals surface area contributed by atoms with E-state index in [9.17, 15) is 0 Å². The Labute approximate surface area is 110 Å². The van der Waals surface area contributed by atoms with Gasteiger partial charge < -0.3 is 24.1 Å². The molecule has 0 radical (unpaired) electrons. The van der Waals surface area contributed by atoms with Crippen molar-refractivity contribution in [3.63, 3.8) is 0 Å². The third-order valence-corrected chi connectivity index (χ3v) is 2.78. The molecule has 0 atom stereocenters. The van der Waals surface area contributed by atoms with Crippen molar-refractivity contribution in [2.24, 2.45) is 0 Å². The smallest absolute Gasteiger partial charge is 0.231 e. The second-order valence-electron chi connectivity index (χ2n) is 4.11. The number of rotatable bonds is 5. The van der Waals surface area contributed by atoms with Crippen LogP contribution in [0.25, 0.3) is 0 Å². The van der Waals surface area contributed by atoms with Crippen LogP contribution < -0.4 is 19.5 Å². The maximum absolute atomic E-state index is 5.75. The summed E-state index contributed by atoms with van der Waals surface area (Å²) in [6.07, 6.45) is 1.59. The molecule has 2 heterocycles. The van der Waals surface area contributed by atoms with E-state index in [1.807, 2.05) is 19.2 Å². The summed E-state index contributed by atoms with van der Waals surface area (Å²) in [4.78, 5) is 0. The van der Waals surface area contributed by atoms with Crippen LogP contribution in [0.5, 0.6) is 17.2 Å². The molecule has 0 fully saturated rings. The van der Waals surface area contributed by atoms with E-state index in [1.165, 1.54) is 0 Å². The molecule has 2 aromatic rings. The van der Waals surface area contributed by atoms with Gasteiger partial charge in [0.25, 0.3) is 0 Å². The first-order valence-electron chi connectivity index (χ1n) is 5.96. The van der Waals surface area contributed by atoms with Crippen LogP contribution in [0.4, 0.5) is 0 Å². The molecule has 0 spiro atoms. The Hall–Kier alpha value is -2.21. The number of fused-ring (bicyclic) bond motifs is 1. The van der Waals surface area contributed by atoms with E-state index < -0.39 is 0 Å². The van der Waals surface area contributed by atoms with Crippen LogP contribution in [-0.2, 0) is 13.2 Å². The molecular formula is C13H14N2O4. The zero-order valence-electron chi connectivity index (χ0n) is 10.5. The molecule has 0 saturated carbocycles. The highest BCUT2D eigenvalue weighted by molar-refractivity contribution is 5.51. The topological polar surface area (TPSA) is 65.8 Å². The minimum absolute atomic E-state index is 0.250. The number of nitrogens with zero attached hydrogens (tertiary/aromatic N) is 1. The average Bonchev–Trinajstić information content (AvgIpc) is 3.07. The summed E-state index contributed by atoms with van der Waals surface area (Å²) >= 11 is 0. The predicted molar refractivity (Wildman–Crippen MR) is 66.2 cm³/mol. The first kappa shape index (κ1) is 11.9. The maximum Gasteiger partial charge on any atom is 0.231 e. The standard InChI is InChI=1S/C13H14N2O4/c1-14-6-9-4-12-13(18-8-17-12)5-11(9)16-7-10-2-3-15-19-10/h2-5,14H,6-8H2,1H3. The maximum atomic E-state index is 5.75. The number of benzene rings is 1. The molecule has 6 nitrogen and oxygen atoms in total. The first-order chi connectivity index (χ1) is 9.36. The summed E-state index contributed by atoms with van der Waals surface area (Å²) in [7, 11) is 1.88. The Morgan fingerprint density at radius 3 is 2.89 bits per heavy atom. The fourth-order valence-corrected chi connectivity index (χ4v) is 1.89. The van der Waals surface area contributed by atoms with Crippen molar-refractivity contribution >= 4 is 0 Å². The average molecular weight is 262 g/mol. The van der Waals surface area contributed by atoms with Gasteiger partial charge in [-0.1, -0.05) is 5.16 Å². The lowest BCUT2D eigenvalue weighted by molar-refractivity contribution is 0.173. The number of hydrogen-bond acceptors (Lipinski definition) is 6. The van der Waals surface area contributed by atoms with Gasteiger partial charge in [0.1, 0.15) is 12.4 Å². The van der Waals surface area contributed by atoms with Gasteiger partial charge in [0.05, 0.1) is 6.20 Å². The van der Waals surface area contributed by atoms with Crippen LogP contribution in [0.2, 0.25) is 0 Å². The van der Waals surface area contributed by atoms with Crippen LogP contribution in [0.1, 0.15) is 11.3 Å². The number of hydrogen-bond donors (Lipinski definition) is 1. The second kappa shape index (κ2) is 5.19. The molecule has 6 heteroatoms. The van der Waals surface area contributed by atoms with Crippen LogP contribution in [-0.4, -0.2) is 19.0 Å². The largest absolute Gasteiger partial charge is 0.485 e. The summed E-state index contributed by atoms with van der Waals surface area (Å²) in [6.45, 7) is 1.26. The van der Waals surface area contributed by atoms with Gasteiger partial charge in [-0.25, -0.2) is 0 Å². The van der Waals surface area contributed by atoms with E-state index in [4.69, 9.17) is 18.7 Å². The van der Waals surface area contributed by atoms with Crippen LogP contribution in [0.15, 0.2) is 28.9 Å². The molecule has 3 rings (SSSR count). The van der Waals surface area contributed by atoms with Crippen molar-refractivity contribution in [3.05, 3.63) is 35.7 Å². The fraction of sp³-hybridized carbons (Fsp3) is 0.308. The third kappa shape index (κ3) is 2.48. The molecule has 0 bridgehead atoms. The Kier molecular flexibility index (Phi) is 3.24. The van der Waals surface area contributed by atoms with Gasteiger partial charge in [0.2, 0.25) is 6.79 Å². The molecule has 100 valence electrons. The Morgan fingerprint density at radius 1 is 1.32 bits per heavy atom. The summed E-state index contributed by atoms with van der Waals surface area (Å²) in [5.74, 6) is 2.87. The van der Waals surface area contributed by atoms with Gasteiger partial charge in [0.15, 0.2) is 17.3 Å². The first-order valence-corrected chi connectivity index (χ1v) is 5.96. The van der Waals surface area contributed by atoms with Crippen molar-refractivity contribution in [3.8, 4) is 17.2 Å². The van der Waals surface area contributed by atoms with E-state index in [2.05, 4.69) is 10.5 Å². The zero-order valence-corrected chi connectivity index (χ0v) is 10.5. The molecule has 1 aliphatic heterocycles. The molecule has 0 amide bonds. The summed E-state index contributed by atoms with van der Waals surface area (Å²) in [6, 6.07) is 5.53. The molecule has 1 aliphatic rings. The van der Waals surface area contributed by atoms with Crippen molar-refractivity contribution in [2.75, 3.05) is 13.8 Å². The summed E-state index contributed by atoms with van der Waals surface area (Å²) in [5.41, 5.74) is 1.01. The number of aromatic nitrogens is 1. The molecule has 1 aromatic carbocycles. The van der Waals surface area contributed by atoms with E-state index in [0.29, 0.717) is 24.7 Å². The monoisotopic (exact) mass is 262 g/mol. The molecule has 0 unspecified atom stereocenters. The summed E-state index contributed by atoms with van der Waals surface area (Å²) in [5, 5.41) is 6.74. The molecule has 19 heavy (non-hydrogen) atoms. The third-order valence-electron chi connectivity index (χ3n) is 2.78. The van der Waals surface area contributed by atoms with Crippen molar-refractivity contribution in [1.29, 1.82) is 0 Å². The number of ether oxygens (including phenoxy) is 3. The predicted octanol–water partition coefficient (Wildman–Crippen LogP) is 1.70. The van der Waals surface area contributed by atoms with Gasteiger partial charge in [-0.3, -0.25) is 0 Å². The lowest BCUT2D eigenvalue weighted by Crippen LogP contribution is -2.07. The minimum atomic E-state index is 0.250. The van der Waals surface area contributed by atoms with E-state index >= 15 is 0 Å². The minimum Gasteiger partial charge on any atom is -0.485 e. The fourth-order valence-electron chi connectivity index (χ4n) is 1.89.